The van der Waals surface area contributed by atoms with Gasteiger partial charge in [0.25, 0.3) is 0 Å². The smallest absolute Gasteiger partial charge is 0.309 e. The minimum atomic E-state index is -2.34. The molecule has 0 aromatic heterocycles. The highest BCUT2D eigenvalue weighted by Gasteiger charge is 2.43. The van der Waals surface area contributed by atoms with Gasteiger partial charge in [-0.3, -0.25) is 4.79 Å². The van der Waals surface area contributed by atoms with Crippen LogP contribution in [0.3, 0.4) is 0 Å². The molecule has 1 aromatic rings. The predicted molar refractivity (Wildman–Crippen MR) is 88.6 cm³/mol. The number of halogens is 4. The highest BCUT2D eigenvalue weighted by atomic mass is 127. The van der Waals surface area contributed by atoms with Crippen LogP contribution in [0.2, 0.25) is 0 Å². The van der Waals surface area contributed by atoms with Crippen molar-refractivity contribution in [1.29, 1.82) is 0 Å². The molecule has 0 unspecified atom stereocenters. The molecule has 0 amide bonds. The molecule has 1 fully saturated rings. The van der Waals surface area contributed by atoms with E-state index in [1.807, 2.05) is 18.2 Å². The van der Waals surface area contributed by atoms with E-state index in [1.54, 1.807) is 0 Å². The van der Waals surface area contributed by atoms with Crippen molar-refractivity contribution in [2.45, 2.75) is 38.5 Å². The number of carbonyl (C=O) groups is 1. The molecule has 0 heterocycles. The third kappa shape index (κ3) is 3.94. The van der Waals surface area contributed by atoms with Gasteiger partial charge in [0, 0.05) is 14.0 Å². The first-order valence-corrected chi connectivity index (χ1v) is 8.67. The summed E-state index contributed by atoms with van der Waals surface area (Å²) >= 11 is 5.57. The second kappa shape index (κ2) is 6.89. The van der Waals surface area contributed by atoms with Gasteiger partial charge in [-0.25, -0.2) is 8.78 Å². The number of carboxylic acids is 1. The van der Waals surface area contributed by atoms with Crippen molar-refractivity contribution in [2.24, 2.45) is 11.3 Å². The third-order valence-corrected chi connectivity index (χ3v) is 5.84. The van der Waals surface area contributed by atoms with E-state index in [1.165, 1.54) is 0 Å². The van der Waals surface area contributed by atoms with Crippen LogP contribution in [-0.2, 0) is 11.2 Å². The summed E-state index contributed by atoms with van der Waals surface area (Å²) in [7, 11) is 0. The Hall–Kier alpha value is -0.240. The van der Waals surface area contributed by atoms with Crippen molar-refractivity contribution in [3.63, 3.8) is 0 Å². The highest BCUT2D eigenvalue weighted by molar-refractivity contribution is 14.1. The minimum Gasteiger partial charge on any atom is -0.481 e. The quantitative estimate of drug-likeness (QED) is 0.617. The van der Waals surface area contributed by atoms with Crippen LogP contribution in [0.1, 0.15) is 31.2 Å². The van der Waals surface area contributed by atoms with Crippen LogP contribution in [0.15, 0.2) is 22.7 Å². The molecule has 1 aliphatic rings. The fourth-order valence-electron chi connectivity index (χ4n) is 2.94. The summed E-state index contributed by atoms with van der Waals surface area (Å²) in [5, 5.41) is 9.62. The number of rotatable bonds is 4. The molecule has 21 heavy (non-hydrogen) atoms. The van der Waals surface area contributed by atoms with E-state index in [0.29, 0.717) is 19.3 Å². The first-order chi connectivity index (χ1) is 9.84. The molecule has 1 aliphatic carbocycles. The van der Waals surface area contributed by atoms with Crippen LogP contribution >= 0.6 is 38.5 Å². The molecular weight excluding hydrogens is 457 g/mol. The molecule has 0 saturated heterocycles. The van der Waals surface area contributed by atoms with Gasteiger partial charge in [0.15, 0.2) is 0 Å². The Morgan fingerprint density at radius 1 is 1.43 bits per heavy atom. The normalized spacial score (nSPS) is 26.0. The van der Waals surface area contributed by atoms with Crippen molar-refractivity contribution in [2.75, 3.05) is 0 Å². The van der Waals surface area contributed by atoms with Crippen LogP contribution in [0.4, 0.5) is 8.78 Å². The Labute approximate surface area is 144 Å². The fraction of sp³-hybridized carbons (Fsp3) is 0.533. The summed E-state index contributed by atoms with van der Waals surface area (Å²) in [4.78, 5) is 11.7. The fourth-order valence-corrected chi connectivity index (χ4v) is 4.44. The van der Waals surface area contributed by atoms with E-state index in [0.717, 1.165) is 13.6 Å². The molecule has 0 bridgehead atoms. The van der Waals surface area contributed by atoms with Gasteiger partial charge in [-0.1, -0.05) is 22.0 Å². The van der Waals surface area contributed by atoms with Crippen molar-refractivity contribution in [1.82, 2.24) is 0 Å². The van der Waals surface area contributed by atoms with Crippen molar-refractivity contribution in [3.05, 3.63) is 31.8 Å². The number of alkyl halides is 2. The van der Waals surface area contributed by atoms with Gasteiger partial charge in [-0.2, -0.15) is 0 Å². The zero-order valence-electron chi connectivity index (χ0n) is 11.3. The van der Waals surface area contributed by atoms with Crippen LogP contribution < -0.4 is 0 Å². The lowest BCUT2D eigenvalue weighted by Gasteiger charge is -2.37. The van der Waals surface area contributed by atoms with Crippen molar-refractivity contribution >= 4 is 44.5 Å². The summed E-state index contributed by atoms with van der Waals surface area (Å²) < 4.78 is 27.5. The number of benzene rings is 1. The van der Waals surface area contributed by atoms with Gasteiger partial charge < -0.3 is 5.11 Å². The van der Waals surface area contributed by atoms with Crippen molar-refractivity contribution in [3.8, 4) is 0 Å². The minimum absolute atomic E-state index is 0.289. The van der Waals surface area contributed by atoms with Crippen LogP contribution in [-0.4, -0.2) is 17.5 Å². The molecule has 116 valence electrons. The monoisotopic (exact) mass is 472 g/mol. The van der Waals surface area contributed by atoms with Gasteiger partial charge in [0.1, 0.15) is 0 Å². The van der Waals surface area contributed by atoms with Crippen molar-refractivity contribution < 1.29 is 18.7 Å². The van der Waals surface area contributed by atoms with Gasteiger partial charge >= 0.3 is 5.97 Å². The SMILES string of the molecule is O=C(O)C1(Cc2ccc(Br)cc2I)CCC(C(F)F)CC1. The van der Waals surface area contributed by atoms with E-state index in [9.17, 15) is 18.7 Å². The summed E-state index contributed by atoms with van der Waals surface area (Å²) in [6.07, 6.45) is -0.713. The maximum Gasteiger partial charge on any atom is 0.309 e. The Balaban J connectivity index is 2.19. The maximum atomic E-state index is 12.8. The molecule has 6 heteroatoms. The molecule has 1 N–H and O–H groups in total. The average Bonchev–Trinajstić information content (AvgIpc) is 2.42. The molecule has 1 aromatic carbocycles. The summed E-state index contributed by atoms with van der Waals surface area (Å²) in [5.74, 6) is -1.52. The number of carboxylic acid groups (broad SMARTS) is 1. The van der Waals surface area contributed by atoms with E-state index >= 15 is 0 Å². The molecule has 2 rings (SSSR count). The second-order valence-corrected chi connectivity index (χ2v) is 7.75. The van der Waals surface area contributed by atoms with Gasteiger partial charge in [0.2, 0.25) is 6.43 Å². The van der Waals surface area contributed by atoms with Gasteiger partial charge in [-0.05, 0) is 72.4 Å². The number of hydrogen-bond donors (Lipinski definition) is 1. The van der Waals surface area contributed by atoms with E-state index in [2.05, 4.69) is 38.5 Å². The Morgan fingerprint density at radius 2 is 2.05 bits per heavy atom. The number of hydrogen-bond acceptors (Lipinski definition) is 1. The third-order valence-electron chi connectivity index (χ3n) is 4.34. The average molecular weight is 473 g/mol. The first-order valence-electron chi connectivity index (χ1n) is 6.79. The molecule has 0 aliphatic heterocycles. The predicted octanol–water partition coefficient (Wildman–Crippen LogP) is 5.12. The molecule has 0 atom stereocenters. The lowest BCUT2D eigenvalue weighted by Crippen LogP contribution is -2.38. The zero-order chi connectivity index (χ0) is 15.6. The molecule has 0 radical (unpaired) electrons. The zero-order valence-corrected chi connectivity index (χ0v) is 15.0. The van der Waals surface area contributed by atoms with Crippen LogP contribution in [0.5, 0.6) is 0 Å². The summed E-state index contributed by atoms with van der Waals surface area (Å²) in [6.45, 7) is 0. The molecule has 2 nitrogen and oxygen atoms in total. The second-order valence-electron chi connectivity index (χ2n) is 5.67. The number of aliphatic carboxylic acids is 1. The van der Waals surface area contributed by atoms with Gasteiger partial charge in [0.05, 0.1) is 5.41 Å². The molecule has 0 spiro atoms. The topological polar surface area (TPSA) is 37.3 Å². The largest absolute Gasteiger partial charge is 0.481 e. The summed E-state index contributed by atoms with van der Waals surface area (Å²) in [5.41, 5.74) is 0.0655. The molecule has 1 saturated carbocycles. The van der Waals surface area contributed by atoms with E-state index in [-0.39, 0.29) is 12.8 Å². The van der Waals surface area contributed by atoms with Gasteiger partial charge in [-0.15, -0.1) is 0 Å². The van der Waals surface area contributed by atoms with E-state index in [4.69, 9.17) is 0 Å². The highest BCUT2D eigenvalue weighted by Crippen LogP contribution is 2.44. The maximum absolute atomic E-state index is 12.8. The standard InChI is InChI=1S/C15H16BrF2IO2/c16-11-2-1-10(12(19)7-11)8-15(14(20)21)5-3-9(4-6-15)13(17)18/h1-2,7,9,13H,3-6,8H2,(H,20,21). The Morgan fingerprint density at radius 3 is 2.52 bits per heavy atom. The lowest BCUT2D eigenvalue weighted by atomic mass is 9.67. The lowest BCUT2D eigenvalue weighted by molar-refractivity contribution is -0.152. The Bertz CT molecular complexity index is 528. The van der Waals surface area contributed by atoms with Crippen LogP contribution in [0, 0.1) is 14.9 Å². The first kappa shape index (κ1) is 17.1. The summed E-state index contributed by atoms with van der Waals surface area (Å²) in [6, 6.07) is 5.74. The van der Waals surface area contributed by atoms with Crippen LogP contribution in [0.25, 0.3) is 0 Å². The molecular formula is C15H16BrF2IO2. The van der Waals surface area contributed by atoms with E-state index < -0.39 is 23.7 Å². The Kier molecular flexibility index (Phi) is 5.62.